The number of aromatic nitrogens is 3. The van der Waals surface area contributed by atoms with Crippen LogP contribution in [0, 0.1) is 39.0 Å². The Labute approximate surface area is 326 Å². The Morgan fingerprint density at radius 2 is 0.857 bits per heavy atom. The summed E-state index contributed by atoms with van der Waals surface area (Å²) < 4.78 is 4.76. The molecule has 0 saturated carbocycles. The predicted octanol–water partition coefficient (Wildman–Crippen LogP) is 13.4. The number of aryl methyl sites for hydroxylation is 4. The van der Waals surface area contributed by atoms with Gasteiger partial charge in [0.1, 0.15) is 0 Å². The van der Waals surface area contributed by atoms with Crippen molar-refractivity contribution in [1.82, 2.24) is 14.1 Å². The molecule has 0 saturated heterocycles. The largest absolute Gasteiger partial charge is 0.308 e. The Morgan fingerprint density at radius 3 is 1.32 bits per heavy atom. The number of hydrogen-bond acceptors (Lipinski definition) is 2. The molecule has 0 aliphatic heterocycles. The van der Waals surface area contributed by atoms with Gasteiger partial charge < -0.3 is 9.13 Å². The van der Waals surface area contributed by atoms with Crippen molar-refractivity contribution in [1.29, 1.82) is 5.26 Å². The first-order valence-electron chi connectivity index (χ1n) is 19.1. The fourth-order valence-electron chi connectivity index (χ4n) is 8.89. The highest BCUT2D eigenvalue weighted by Gasteiger charge is 2.24. The first-order valence-corrected chi connectivity index (χ1v) is 19.1. The maximum absolute atomic E-state index is 10.9. The number of fused-ring (bicyclic) bond motifs is 6. The van der Waals surface area contributed by atoms with Crippen LogP contribution >= 0.6 is 0 Å². The van der Waals surface area contributed by atoms with Gasteiger partial charge in [-0.25, -0.2) is 0 Å². The van der Waals surface area contributed by atoms with Crippen molar-refractivity contribution in [2.45, 2.75) is 27.7 Å². The molecule has 0 spiro atoms. The van der Waals surface area contributed by atoms with Gasteiger partial charge in [-0.3, -0.25) is 4.98 Å². The molecule has 4 heteroatoms. The summed E-state index contributed by atoms with van der Waals surface area (Å²) in [5, 5.41) is 15.5. The molecule has 3 aromatic heterocycles. The molecule has 3 heterocycles. The minimum absolute atomic E-state index is 0.586. The van der Waals surface area contributed by atoms with E-state index >= 15 is 0 Å². The lowest BCUT2D eigenvalue weighted by molar-refractivity contribution is 1.11. The van der Waals surface area contributed by atoms with Crippen molar-refractivity contribution in [3.05, 3.63) is 186 Å². The van der Waals surface area contributed by atoms with E-state index in [4.69, 9.17) is 4.98 Å². The Hall–Kier alpha value is -7.22. The van der Waals surface area contributed by atoms with Crippen LogP contribution in [0.1, 0.15) is 28.1 Å². The highest BCUT2D eigenvalue weighted by molar-refractivity contribution is 6.13. The van der Waals surface area contributed by atoms with Gasteiger partial charge in [0.25, 0.3) is 0 Å². The summed E-state index contributed by atoms with van der Waals surface area (Å²) in [5.74, 6) is 0. The summed E-state index contributed by atoms with van der Waals surface area (Å²) in [6.45, 7) is 8.45. The van der Waals surface area contributed by atoms with E-state index in [1.165, 1.54) is 22.3 Å². The molecule has 0 N–H and O–H groups in total. The number of nitriles is 1. The van der Waals surface area contributed by atoms with Gasteiger partial charge >= 0.3 is 0 Å². The van der Waals surface area contributed by atoms with Crippen LogP contribution in [0.5, 0.6) is 0 Å². The molecule has 0 unspecified atom stereocenters. The molecule has 266 valence electrons. The number of benzene rings is 7. The lowest BCUT2D eigenvalue weighted by atomic mass is 9.97. The van der Waals surface area contributed by atoms with Gasteiger partial charge in [0, 0.05) is 38.5 Å². The van der Waals surface area contributed by atoms with E-state index in [1.807, 2.05) is 0 Å². The minimum atomic E-state index is 0.586. The average Bonchev–Trinajstić information content (AvgIpc) is 3.72. The van der Waals surface area contributed by atoms with E-state index in [9.17, 15) is 5.26 Å². The van der Waals surface area contributed by atoms with E-state index in [-0.39, 0.29) is 0 Å². The van der Waals surface area contributed by atoms with Crippen LogP contribution in [0.15, 0.2) is 158 Å². The van der Waals surface area contributed by atoms with Crippen LogP contribution in [0.4, 0.5) is 0 Å². The highest BCUT2D eigenvalue weighted by Crippen LogP contribution is 2.44. The number of pyridine rings is 1. The summed E-state index contributed by atoms with van der Waals surface area (Å²) in [6, 6.07) is 59.0. The Balaban J connectivity index is 1.38. The van der Waals surface area contributed by atoms with E-state index in [1.54, 1.807) is 0 Å². The Kier molecular flexibility index (Phi) is 7.73. The van der Waals surface area contributed by atoms with E-state index in [0.717, 1.165) is 88.6 Å². The van der Waals surface area contributed by atoms with Crippen LogP contribution in [-0.2, 0) is 0 Å². The van der Waals surface area contributed by atoms with Crippen molar-refractivity contribution in [3.8, 4) is 50.8 Å². The monoisotopic (exact) mass is 718 g/mol. The zero-order valence-corrected chi connectivity index (χ0v) is 31.8. The average molecular weight is 719 g/mol. The second kappa shape index (κ2) is 13.0. The zero-order valence-electron chi connectivity index (χ0n) is 31.8. The van der Waals surface area contributed by atoms with Crippen molar-refractivity contribution < 1.29 is 0 Å². The van der Waals surface area contributed by atoms with Crippen LogP contribution in [-0.4, -0.2) is 14.1 Å². The molecule has 10 aromatic rings. The number of para-hydroxylation sites is 2. The lowest BCUT2D eigenvalue weighted by Gasteiger charge is -2.21. The lowest BCUT2D eigenvalue weighted by Crippen LogP contribution is -2.06. The van der Waals surface area contributed by atoms with Crippen LogP contribution in [0.2, 0.25) is 0 Å². The van der Waals surface area contributed by atoms with Gasteiger partial charge in [0.15, 0.2) is 0 Å². The molecule has 0 aliphatic carbocycles. The molecule has 0 amide bonds. The zero-order chi connectivity index (χ0) is 38.1. The molecule has 0 fully saturated rings. The standard InChI is InChI=1S/C52H38N4/c1-32-13-5-7-15-40(32)37-21-23-44-42-17-9-11-19-46(42)55(48(44)29-37)50-27-36(31-53)28-51(52(50)39-25-34(3)54-35(4)26-39)56-47-20-12-10-18-43(47)45-24-22-38(30-49(45)56)41-16-8-6-14-33(41)2/h5-30H,1-4H3. The quantitative estimate of drug-likeness (QED) is 0.178. The van der Waals surface area contributed by atoms with Gasteiger partial charge in [0.05, 0.1) is 45.1 Å². The van der Waals surface area contributed by atoms with E-state index in [0.29, 0.717) is 5.56 Å². The molecule has 0 atom stereocenters. The second-order valence-corrected chi connectivity index (χ2v) is 14.9. The number of nitrogens with zero attached hydrogens (tertiary/aromatic N) is 4. The molecule has 4 nitrogen and oxygen atoms in total. The van der Waals surface area contributed by atoms with Crippen LogP contribution in [0.25, 0.3) is 88.4 Å². The maximum Gasteiger partial charge on any atom is 0.0993 e. The van der Waals surface area contributed by atoms with Gasteiger partial charge in [0.2, 0.25) is 0 Å². The third kappa shape index (κ3) is 5.24. The Bertz CT molecular complexity index is 3050. The second-order valence-electron chi connectivity index (χ2n) is 14.9. The molecule has 0 aliphatic rings. The van der Waals surface area contributed by atoms with Crippen molar-refractivity contribution in [3.63, 3.8) is 0 Å². The van der Waals surface area contributed by atoms with Crippen molar-refractivity contribution in [2.75, 3.05) is 0 Å². The molecular weight excluding hydrogens is 681 g/mol. The highest BCUT2D eigenvalue weighted by atomic mass is 15.0. The molecule has 0 bridgehead atoms. The van der Waals surface area contributed by atoms with Gasteiger partial charge in [-0.15, -0.1) is 0 Å². The molecular formula is C52H38N4. The third-order valence-electron chi connectivity index (χ3n) is 11.3. The summed E-state index contributed by atoms with van der Waals surface area (Å²) >= 11 is 0. The molecule has 10 rings (SSSR count). The molecule has 56 heavy (non-hydrogen) atoms. The SMILES string of the molecule is Cc1cc(-c2c(-n3c4ccccc4c4ccc(-c5ccccc5C)cc43)cc(C#N)cc2-n2c3ccccc3c3ccc(-c4ccccc4C)cc32)cc(C)n1. The molecule has 0 radical (unpaired) electrons. The third-order valence-corrected chi connectivity index (χ3v) is 11.3. The fourth-order valence-corrected chi connectivity index (χ4v) is 8.89. The summed E-state index contributed by atoms with van der Waals surface area (Å²) in [7, 11) is 0. The van der Waals surface area contributed by atoms with Gasteiger partial charge in [-0.1, -0.05) is 109 Å². The number of hydrogen-bond donors (Lipinski definition) is 0. The summed E-state index contributed by atoms with van der Waals surface area (Å²) in [4.78, 5) is 4.82. The van der Waals surface area contributed by atoms with Crippen molar-refractivity contribution >= 4 is 43.6 Å². The molecule has 7 aromatic carbocycles. The normalized spacial score (nSPS) is 11.6. The van der Waals surface area contributed by atoms with Crippen LogP contribution in [0.3, 0.4) is 0 Å². The van der Waals surface area contributed by atoms with E-state index < -0.39 is 0 Å². The van der Waals surface area contributed by atoms with E-state index in [2.05, 4.69) is 201 Å². The Morgan fingerprint density at radius 1 is 0.429 bits per heavy atom. The minimum Gasteiger partial charge on any atom is -0.308 e. The van der Waals surface area contributed by atoms with Crippen LogP contribution < -0.4 is 0 Å². The van der Waals surface area contributed by atoms with Gasteiger partial charge in [-0.2, -0.15) is 5.26 Å². The predicted molar refractivity (Wildman–Crippen MR) is 233 cm³/mol. The first-order chi connectivity index (χ1) is 27.4. The topological polar surface area (TPSA) is 46.5 Å². The summed E-state index contributed by atoms with van der Waals surface area (Å²) in [5.41, 5.74) is 17.9. The number of rotatable bonds is 5. The smallest absolute Gasteiger partial charge is 0.0993 e. The first kappa shape index (κ1) is 33.4. The van der Waals surface area contributed by atoms with Crippen molar-refractivity contribution in [2.24, 2.45) is 0 Å². The van der Waals surface area contributed by atoms with Gasteiger partial charge in [-0.05, 0) is 115 Å². The fraction of sp³-hybridized carbons (Fsp3) is 0.0769. The summed E-state index contributed by atoms with van der Waals surface area (Å²) in [6.07, 6.45) is 0. The maximum atomic E-state index is 10.9.